The number of carbonyl (C=O) groups excluding carboxylic acids is 2. The SMILES string of the molecule is CCOc1cc(C2=NN(Cc3ccc(NC(=O)CN4CCSCC4)cc3)C(=O)CC2)ccc1OC. The molecule has 186 valence electrons. The molecular formula is C26H32N4O4S. The lowest BCUT2D eigenvalue weighted by Crippen LogP contribution is -2.38. The summed E-state index contributed by atoms with van der Waals surface area (Å²) in [5.74, 6) is 3.47. The molecule has 4 rings (SSSR count). The van der Waals surface area contributed by atoms with Gasteiger partial charge in [-0.2, -0.15) is 16.9 Å². The van der Waals surface area contributed by atoms with Crippen molar-refractivity contribution in [3.8, 4) is 11.5 Å². The van der Waals surface area contributed by atoms with E-state index >= 15 is 0 Å². The molecule has 0 aliphatic carbocycles. The van der Waals surface area contributed by atoms with Crippen molar-refractivity contribution in [3.05, 3.63) is 53.6 Å². The van der Waals surface area contributed by atoms with Crippen molar-refractivity contribution >= 4 is 35.0 Å². The monoisotopic (exact) mass is 496 g/mol. The van der Waals surface area contributed by atoms with E-state index in [1.807, 2.05) is 61.2 Å². The molecule has 2 heterocycles. The van der Waals surface area contributed by atoms with Crippen molar-refractivity contribution in [2.24, 2.45) is 5.10 Å². The van der Waals surface area contributed by atoms with Gasteiger partial charge in [-0.25, -0.2) is 5.01 Å². The molecular weight excluding hydrogens is 464 g/mol. The average Bonchev–Trinajstić information content (AvgIpc) is 2.87. The quantitative estimate of drug-likeness (QED) is 0.571. The minimum atomic E-state index is -0.00984. The molecule has 1 saturated heterocycles. The van der Waals surface area contributed by atoms with Gasteiger partial charge in [0.2, 0.25) is 11.8 Å². The summed E-state index contributed by atoms with van der Waals surface area (Å²) in [6.45, 7) is 5.15. The number of hydrazone groups is 1. The number of rotatable bonds is 9. The third kappa shape index (κ3) is 6.76. The van der Waals surface area contributed by atoms with Gasteiger partial charge in [0.15, 0.2) is 11.5 Å². The van der Waals surface area contributed by atoms with Crippen molar-refractivity contribution in [3.63, 3.8) is 0 Å². The van der Waals surface area contributed by atoms with Gasteiger partial charge in [-0.15, -0.1) is 0 Å². The zero-order valence-electron chi connectivity index (χ0n) is 20.3. The predicted molar refractivity (Wildman–Crippen MR) is 139 cm³/mol. The number of methoxy groups -OCH3 is 1. The van der Waals surface area contributed by atoms with Gasteiger partial charge in [0.1, 0.15) is 0 Å². The van der Waals surface area contributed by atoms with Crippen molar-refractivity contribution in [1.29, 1.82) is 0 Å². The summed E-state index contributed by atoms with van der Waals surface area (Å²) in [6.07, 6.45) is 0.978. The van der Waals surface area contributed by atoms with Crippen LogP contribution in [-0.2, 0) is 16.1 Å². The van der Waals surface area contributed by atoms with Crippen LogP contribution in [0.15, 0.2) is 47.6 Å². The summed E-state index contributed by atoms with van der Waals surface area (Å²) in [6, 6.07) is 13.3. The fourth-order valence-electron chi connectivity index (χ4n) is 4.09. The first kappa shape index (κ1) is 25.1. The molecule has 0 aromatic heterocycles. The van der Waals surface area contributed by atoms with Crippen molar-refractivity contribution in [2.75, 3.05) is 50.2 Å². The fraction of sp³-hybridized carbons (Fsp3) is 0.423. The molecule has 0 saturated carbocycles. The molecule has 2 aromatic rings. The van der Waals surface area contributed by atoms with E-state index in [-0.39, 0.29) is 11.8 Å². The van der Waals surface area contributed by atoms with E-state index < -0.39 is 0 Å². The normalized spacial score (nSPS) is 16.6. The van der Waals surface area contributed by atoms with Crippen LogP contribution in [0.25, 0.3) is 0 Å². The number of hydrogen-bond donors (Lipinski definition) is 1. The van der Waals surface area contributed by atoms with Gasteiger partial charge in [-0.1, -0.05) is 12.1 Å². The zero-order valence-corrected chi connectivity index (χ0v) is 21.1. The maximum absolute atomic E-state index is 12.6. The second-order valence-corrected chi connectivity index (χ2v) is 9.66. The van der Waals surface area contributed by atoms with Gasteiger partial charge in [-0.05, 0) is 42.8 Å². The lowest BCUT2D eigenvalue weighted by Gasteiger charge is -2.25. The highest BCUT2D eigenvalue weighted by molar-refractivity contribution is 7.99. The Morgan fingerprint density at radius 2 is 1.86 bits per heavy atom. The van der Waals surface area contributed by atoms with Crippen LogP contribution in [-0.4, -0.2) is 72.3 Å². The first-order valence-corrected chi connectivity index (χ1v) is 13.1. The summed E-state index contributed by atoms with van der Waals surface area (Å²) in [4.78, 5) is 27.1. The number of benzene rings is 2. The van der Waals surface area contributed by atoms with E-state index in [1.54, 1.807) is 7.11 Å². The Morgan fingerprint density at radius 1 is 1.09 bits per heavy atom. The van der Waals surface area contributed by atoms with Crippen molar-refractivity contribution in [1.82, 2.24) is 9.91 Å². The van der Waals surface area contributed by atoms with Crippen molar-refractivity contribution < 1.29 is 19.1 Å². The molecule has 1 N–H and O–H groups in total. The van der Waals surface area contributed by atoms with Crippen LogP contribution in [0.3, 0.4) is 0 Å². The molecule has 0 unspecified atom stereocenters. The highest BCUT2D eigenvalue weighted by Gasteiger charge is 2.22. The molecule has 0 radical (unpaired) electrons. The van der Waals surface area contributed by atoms with E-state index in [0.717, 1.165) is 47.1 Å². The Labute approximate surface area is 210 Å². The number of nitrogens with zero attached hydrogens (tertiary/aromatic N) is 3. The van der Waals surface area contributed by atoms with Crippen LogP contribution in [0.5, 0.6) is 11.5 Å². The largest absolute Gasteiger partial charge is 0.493 e. The minimum Gasteiger partial charge on any atom is -0.493 e. The third-order valence-corrected chi connectivity index (χ3v) is 6.89. The molecule has 8 nitrogen and oxygen atoms in total. The number of amides is 2. The molecule has 2 aromatic carbocycles. The number of thioether (sulfide) groups is 1. The van der Waals surface area contributed by atoms with Crippen molar-refractivity contribution in [2.45, 2.75) is 26.3 Å². The molecule has 1 fully saturated rings. The molecule has 0 atom stereocenters. The van der Waals surface area contributed by atoms with Gasteiger partial charge in [0, 0.05) is 48.7 Å². The van der Waals surface area contributed by atoms with Crippen LogP contribution in [0, 0.1) is 0 Å². The van der Waals surface area contributed by atoms with Crippen LogP contribution in [0.4, 0.5) is 5.69 Å². The van der Waals surface area contributed by atoms with Gasteiger partial charge >= 0.3 is 0 Å². The number of carbonyl (C=O) groups is 2. The van der Waals surface area contributed by atoms with Crippen LogP contribution in [0.1, 0.15) is 30.9 Å². The maximum Gasteiger partial charge on any atom is 0.243 e. The smallest absolute Gasteiger partial charge is 0.243 e. The Balaban J connectivity index is 1.39. The maximum atomic E-state index is 12.6. The molecule has 0 spiro atoms. The van der Waals surface area contributed by atoms with Gasteiger partial charge in [-0.3, -0.25) is 14.5 Å². The van der Waals surface area contributed by atoms with Gasteiger partial charge in [0.25, 0.3) is 0 Å². The van der Waals surface area contributed by atoms with Crippen LogP contribution in [0.2, 0.25) is 0 Å². The number of nitrogens with one attached hydrogen (secondary N) is 1. The highest BCUT2D eigenvalue weighted by atomic mass is 32.2. The van der Waals surface area contributed by atoms with E-state index in [1.165, 1.54) is 5.01 Å². The molecule has 0 bridgehead atoms. The number of hydrogen-bond acceptors (Lipinski definition) is 7. The summed E-state index contributed by atoms with van der Waals surface area (Å²) < 4.78 is 11.1. The highest BCUT2D eigenvalue weighted by Crippen LogP contribution is 2.30. The second kappa shape index (κ2) is 12.1. The number of ether oxygens (including phenoxy) is 2. The molecule has 35 heavy (non-hydrogen) atoms. The Bertz CT molecular complexity index is 1070. The summed E-state index contributed by atoms with van der Waals surface area (Å²) in [5, 5.41) is 9.13. The van der Waals surface area contributed by atoms with E-state index in [9.17, 15) is 9.59 Å². The Hall–Kier alpha value is -3.04. The molecule has 2 amide bonds. The van der Waals surface area contributed by atoms with Gasteiger partial charge < -0.3 is 14.8 Å². The first-order chi connectivity index (χ1) is 17.1. The lowest BCUT2D eigenvalue weighted by atomic mass is 10.0. The zero-order chi connectivity index (χ0) is 24.6. The summed E-state index contributed by atoms with van der Waals surface area (Å²) in [5.41, 5.74) is 3.45. The third-order valence-electron chi connectivity index (χ3n) is 5.94. The minimum absolute atomic E-state index is 0.00369. The topological polar surface area (TPSA) is 83.5 Å². The van der Waals surface area contributed by atoms with Gasteiger partial charge in [0.05, 0.1) is 32.5 Å². The average molecular weight is 497 g/mol. The van der Waals surface area contributed by atoms with E-state index in [0.29, 0.717) is 44.0 Å². The fourth-order valence-corrected chi connectivity index (χ4v) is 5.06. The van der Waals surface area contributed by atoms with Crippen LogP contribution >= 0.6 is 11.8 Å². The van der Waals surface area contributed by atoms with E-state index in [2.05, 4.69) is 15.3 Å². The second-order valence-electron chi connectivity index (χ2n) is 8.43. The molecule has 9 heteroatoms. The molecule has 2 aliphatic heterocycles. The summed E-state index contributed by atoms with van der Waals surface area (Å²) >= 11 is 1.93. The molecule has 2 aliphatic rings. The first-order valence-electron chi connectivity index (χ1n) is 11.9. The number of anilines is 1. The Kier molecular flexibility index (Phi) is 8.65. The Morgan fingerprint density at radius 3 is 2.57 bits per heavy atom. The van der Waals surface area contributed by atoms with Crippen LogP contribution < -0.4 is 14.8 Å². The summed E-state index contributed by atoms with van der Waals surface area (Å²) in [7, 11) is 1.61. The lowest BCUT2D eigenvalue weighted by molar-refractivity contribution is -0.132. The standard InChI is InChI=1S/C26H32N4O4S/c1-3-34-24-16-20(6-10-23(24)33-2)22-9-11-26(32)30(28-22)17-19-4-7-21(8-5-19)27-25(31)18-29-12-14-35-15-13-29/h4-8,10,16H,3,9,11-15,17-18H2,1-2H3,(H,27,31). The van der Waals surface area contributed by atoms with E-state index in [4.69, 9.17) is 9.47 Å². The predicted octanol–water partition coefficient (Wildman–Crippen LogP) is 3.61.